The number of carbonyl (C=O) groups is 1. The first-order valence-corrected chi connectivity index (χ1v) is 6.88. The zero-order valence-corrected chi connectivity index (χ0v) is 12.7. The van der Waals surface area contributed by atoms with E-state index >= 15 is 0 Å². The lowest BCUT2D eigenvalue weighted by atomic mass is 10.1. The van der Waals surface area contributed by atoms with Gasteiger partial charge in [0.2, 0.25) is 0 Å². The summed E-state index contributed by atoms with van der Waals surface area (Å²) in [6.07, 6.45) is 0.817. The minimum Gasteiger partial charge on any atom is -0.349 e. The molecule has 1 aromatic rings. The van der Waals surface area contributed by atoms with Gasteiger partial charge in [-0.3, -0.25) is 4.79 Å². The molecule has 114 valence electrons. The van der Waals surface area contributed by atoms with Crippen LogP contribution >= 0.6 is 0 Å². The van der Waals surface area contributed by atoms with Gasteiger partial charge in [0.15, 0.2) is 0 Å². The van der Waals surface area contributed by atoms with E-state index < -0.39 is 5.82 Å². The quantitative estimate of drug-likeness (QED) is 0.802. The molecule has 0 aliphatic heterocycles. The topological polar surface area (TPSA) is 58.4 Å². The Balaban J connectivity index is 2.83. The number of nitrogens with two attached hydrogens (primary N) is 1. The number of carbonyl (C=O) groups excluding carboxylic acids is 1. The summed E-state index contributed by atoms with van der Waals surface area (Å²) in [6, 6.07) is 3.98. The summed E-state index contributed by atoms with van der Waals surface area (Å²) in [5.41, 5.74) is 6.06. The fraction of sp³-hybridized carbons (Fsp3) is 0.438. The van der Waals surface area contributed by atoms with Gasteiger partial charge in [-0.05, 0) is 52.2 Å². The summed E-state index contributed by atoms with van der Waals surface area (Å²) in [6.45, 7) is 2.98. The van der Waals surface area contributed by atoms with Gasteiger partial charge in [0, 0.05) is 11.6 Å². The smallest absolute Gasteiger partial charge is 0.252 e. The second kappa shape index (κ2) is 8.40. The summed E-state index contributed by atoms with van der Waals surface area (Å²) < 4.78 is 13.4. The van der Waals surface area contributed by atoms with Crippen molar-refractivity contribution in [1.29, 1.82) is 0 Å². The van der Waals surface area contributed by atoms with Crippen molar-refractivity contribution in [2.75, 3.05) is 27.2 Å². The largest absolute Gasteiger partial charge is 0.349 e. The minimum absolute atomic E-state index is 0.00140. The van der Waals surface area contributed by atoms with Crippen molar-refractivity contribution in [2.45, 2.75) is 19.4 Å². The number of hydrogen-bond acceptors (Lipinski definition) is 3. The molecule has 0 fully saturated rings. The molecule has 0 saturated heterocycles. The van der Waals surface area contributed by atoms with Crippen molar-refractivity contribution >= 4 is 5.91 Å². The predicted molar refractivity (Wildman–Crippen MR) is 82.4 cm³/mol. The van der Waals surface area contributed by atoms with E-state index in [9.17, 15) is 9.18 Å². The molecule has 1 atom stereocenters. The number of hydrogen-bond donors (Lipinski definition) is 2. The number of nitrogens with one attached hydrogen (secondary N) is 1. The van der Waals surface area contributed by atoms with Gasteiger partial charge in [0.25, 0.3) is 5.91 Å². The second-order valence-electron chi connectivity index (χ2n) is 5.16. The third-order valence-corrected chi connectivity index (χ3v) is 2.94. The van der Waals surface area contributed by atoms with Crippen LogP contribution in [-0.4, -0.2) is 44.0 Å². The van der Waals surface area contributed by atoms with Crippen LogP contribution in [0.15, 0.2) is 18.2 Å². The Bertz CT molecular complexity index is 546. The fourth-order valence-corrected chi connectivity index (χ4v) is 1.79. The Morgan fingerprint density at radius 1 is 1.48 bits per heavy atom. The molecule has 0 bridgehead atoms. The monoisotopic (exact) mass is 291 g/mol. The average molecular weight is 291 g/mol. The Morgan fingerprint density at radius 3 is 2.81 bits per heavy atom. The van der Waals surface area contributed by atoms with Crippen LogP contribution in [0.5, 0.6) is 0 Å². The predicted octanol–water partition coefficient (Wildman–Crippen LogP) is 1.21. The molecular weight excluding hydrogens is 269 g/mol. The van der Waals surface area contributed by atoms with Gasteiger partial charge in [-0.2, -0.15) is 0 Å². The lowest BCUT2D eigenvalue weighted by Crippen LogP contribution is -2.35. The average Bonchev–Trinajstić information content (AvgIpc) is 2.43. The van der Waals surface area contributed by atoms with Crippen LogP contribution in [0.3, 0.4) is 0 Å². The van der Waals surface area contributed by atoms with E-state index in [0.29, 0.717) is 5.56 Å². The Labute approximate surface area is 125 Å². The standard InChI is InChI=1S/C16H22FN3O/c1-12(8-10-20(2)3)19-16(21)15-11-14(17)7-6-13(15)5-4-9-18/h6-7,11-12H,8-10,18H2,1-3H3,(H,19,21). The molecule has 4 nitrogen and oxygen atoms in total. The van der Waals surface area contributed by atoms with E-state index in [1.807, 2.05) is 25.9 Å². The fourth-order valence-electron chi connectivity index (χ4n) is 1.79. The van der Waals surface area contributed by atoms with Crippen molar-refractivity contribution in [1.82, 2.24) is 10.2 Å². The summed E-state index contributed by atoms with van der Waals surface area (Å²) in [4.78, 5) is 14.3. The number of halogens is 1. The van der Waals surface area contributed by atoms with Gasteiger partial charge in [0.1, 0.15) is 5.82 Å². The van der Waals surface area contributed by atoms with Gasteiger partial charge in [-0.15, -0.1) is 0 Å². The molecule has 21 heavy (non-hydrogen) atoms. The number of amides is 1. The van der Waals surface area contributed by atoms with Crippen LogP contribution in [-0.2, 0) is 0 Å². The van der Waals surface area contributed by atoms with E-state index in [1.165, 1.54) is 18.2 Å². The van der Waals surface area contributed by atoms with Crippen molar-refractivity contribution in [2.24, 2.45) is 5.73 Å². The van der Waals surface area contributed by atoms with Gasteiger partial charge >= 0.3 is 0 Å². The Kier molecular flexibility index (Phi) is 6.86. The highest BCUT2D eigenvalue weighted by Gasteiger charge is 2.14. The second-order valence-corrected chi connectivity index (χ2v) is 5.16. The highest BCUT2D eigenvalue weighted by molar-refractivity contribution is 5.96. The highest BCUT2D eigenvalue weighted by atomic mass is 19.1. The summed E-state index contributed by atoms with van der Waals surface area (Å²) in [7, 11) is 3.95. The molecule has 1 rings (SSSR count). The summed E-state index contributed by atoms with van der Waals surface area (Å²) in [5.74, 6) is 4.70. The molecule has 0 aliphatic rings. The zero-order chi connectivity index (χ0) is 15.8. The molecule has 1 unspecified atom stereocenters. The first kappa shape index (κ1) is 17.2. The molecule has 5 heteroatoms. The van der Waals surface area contributed by atoms with Crippen LogP contribution in [0.4, 0.5) is 4.39 Å². The molecule has 1 aromatic carbocycles. The van der Waals surface area contributed by atoms with E-state index in [4.69, 9.17) is 5.73 Å². The normalized spacial score (nSPS) is 11.7. The highest BCUT2D eigenvalue weighted by Crippen LogP contribution is 2.11. The van der Waals surface area contributed by atoms with Crippen molar-refractivity contribution in [3.63, 3.8) is 0 Å². The minimum atomic E-state index is -0.459. The maximum atomic E-state index is 13.4. The van der Waals surface area contributed by atoms with Gasteiger partial charge < -0.3 is 16.0 Å². The molecule has 0 radical (unpaired) electrons. The molecule has 3 N–H and O–H groups in total. The lowest BCUT2D eigenvalue weighted by Gasteiger charge is -2.17. The molecule has 0 spiro atoms. The molecule has 0 saturated carbocycles. The van der Waals surface area contributed by atoms with E-state index in [-0.39, 0.29) is 24.1 Å². The third-order valence-electron chi connectivity index (χ3n) is 2.94. The number of nitrogens with zero attached hydrogens (tertiary/aromatic N) is 1. The molecular formula is C16H22FN3O. The third kappa shape index (κ3) is 5.94. The lowest BCUT2D eigenvalue weighted by molar-refractivity contribution is 0.0936. The summed E-state index contributed by atoms with van der Waals surface area (Å²) in [5, 5.41) is 2.86. The van der Waals surface area contributed by atoms with Crippen LogP contribution in [0.25, 0.3) is 0 Å². The van der Waals surface area contributed by atoms with Crippen molar-refractivity contribution in [3.05, 3.63) is 35.1 Å². The van der Waals surface area contributed by atoms with Crippen molar-refractivity contribution < 1.29 is 9.18 Å². The first-order valence-electron chi connectivity index (χ1n) is 6.88. The van der Waals surface area contributed by atoms with Crippen LogP contribution in [0, 0.1) is 17.7 Å². The van der Waals surface area contributed by atoms with Crippen LogP contribution in [0.1, 0.15) is 29.3 Å². The van der Waals surface area contributed by atoms with Crippen molar-refractivity contribution in [3.8, 4) is 11.8 Å². The molecule has 1 amide bonds. The maximum Gasteiger partial charge on any atom is 0.252 e. The molecule has 0 heterocycles. The van der Waals surface area contributed by atoms with E-state index in [0.717, 1.165) is 13.0 Å². The van der Waals surface area contributed by atoms with Gasteiger partial charge in [0.05, 0.1) is 12.1 Å². The SMILES string of the molecule is CC(CCN(C)C)NC(=O)c1cc(F)ccc1C#CCN. The zero-order valence-electron chi connectivity index (χ0n) is 12.7. The molecule has 0 aliphatic carbocycles. The maximum absolute atomic E-state index is 13.4. The summed E-state index contributed by atoms with van der Waals surface area (Å²) >= 11 is 0. The van der Waals surface area contributed by atoms with Gasteiger partial charge in [-0.1, -0.05) is 11.8 Å². The van der Waals surface area contributed by atoms with E-state index in [2.05, 4.69) is 17.2 Å². The van der Waals surface area contributed by atoms with Crippen LogP contribution in [0.2, 0.25) is 0 Å². The Hall–Kier alpha value is -1.90. The molecule has 0 aromatic heterocycles. The number of rotatable bonds is 5. The van der Waals surface area contributed by atoms with E-state index in [1.54, 1.807) is 0 Å². The Morgan fingerprint density at radius 2 is 2.19 bits per heavy atom. The van der Waals surface area contributed by atoms with Gasteiger partial charge in [-0.25, -0.2) is 4.39 Å². The number of benzene rings is 1. The first-order chi connectivity index (χ1) is 9.93. The van der Waals surface area contributed by atoms with Crippen LogP contribution < -0.4 is 11.1 Å².